The van der Waals surface area contributed by atoms with Crippen molar-refractivity contribution < 1.29 is 9.52 Å². The van der Waals surface area contributed by atoms with Crippen molar-refractivity contribution in [1.29, 1.82) is 0 Å². The summed E-state index contributed by atoms with van der Waals surface area (Å²) in [4.78, 5) is 0. The van der Waals surface area contributed by atoms with Gasteiger partial charge in [-0.2, -0.15) is 0 Å². The molecule has 0 fully saturated rings. The third-order valence-electron chi connectivity index (χ3n) is 2.91. The van der Waals surface area contributed by atoms with E-state index in [9.17, 15) is 5.11 Å². The maximum atomic E-state index is 9.72. The molecule has 0 radical (unpaired) electrons. The van der Waals surface area contributed by atoms with Crippen LogP contribution in [0.3, 0.4) is 0 Å². The van der Waals surface area contributed by atoms with E-state index >= 15 is 0 Å². The zero-order valence-electron chi connectivity index (χ0n) is 13.9. The van der Waals surface area contributed by atoms with Crippen molar-refractivity contribution in [1.82, 2.24) is 0 Å². The third-order valence-corrected chi connectivity index (χ3v) is 2.91. The first-order chi connectivity index (χ1) is 10.1. The van der Waals surface area contributed by atoms with Crippen LogP contribution in [-0.2, 0) is 6.42 Å². The van der Waals surface area contributed by atoms with Gasteiger partial charge in [0, 0.05) is 12.0 Å². The van der Waals surface area contributed by atoms with Crippen LogP contribution >= 0.6 is 0 Å². The van der Waals surface area contributed by atoms with Gasteiger partial charge < -0.3 is 9.52 Å². The van der Waals surface area contributed by atoms with Crippen molar-refractivity contribution in [2.45, 2.75) is 60.0 Å². The Morgan fingerprint density at radius 2 is 1.95 bits per heavy atom. The Morgan fingerprint density at radius 1 is 1.29 bits per heavy atom. The van der Waals surface area contributed by atoms with Crippen molar-refractivity contribution in [3.05, 3.63) is 41.9 Å². The molecule has 2 nitrogen and oxygen atoms in total. The van der Waals surface area contributed by atoms with Crippen LogP contribution in [0.4, 0.5) is 0 Å². The van der Waals surface area contributed by atoms with Gasteiger partial charge in [-0.05, 0) is 46.2 Å². The molecule has 2 heteroatoms. The molecule has 1 N–H and O–H groups in total. The molecule has 0 aliphatic rings. The van der Waals surface area contributed by atoms with E-state index in [0.29, 0.717) is 6.42 Å². The van der Waals surface area contributed by atoms with E-state index in [1.54, 1.807) is 0 Å². The van der Waals surface area contributed by atoms with Gasteiger partial charge in [0.1, 0.15) is 11.5 Å². The molecule has 1 aromatic heterocycles. The van der Waals surface area contributed by atoms with Crippen molar-refractivity contribution in [2.24, 2.45) is 0 Å². The van der Waals surface area contributed by atoms with Gasteiger partial charge in [0.15, 0.2) is 0 Å². The standard InChI is InChI=1S/C15H22O2.C4H6/c1-4-7-12(6-3)15-10-9-14(17-15)11-13(16)8-5-2;1-3-4-2/h4,6-7,9-10,13,16H,5,8,11H2,1-3H3;1-2H3/b7-4-,12-6+;. The van der Waals surface area contributed by atoms with Gasteiger partial charge in [-0.15, -0.1) is 11.8 Å². The van der Waals surface area contributed by atoms with Crippen LogP contribution in [0.2, 0.25) is 0 Å². The molecule has 0 aromatic carbocycles. The summed E-state index contributed by atoms with van der Waals surface area (Å²) in [5.74, 6) is 7.08. The van der Waals surface area contributed by atoms with Crippen LogP contribution < -0.4 is 0 Å². The van der Waals surface area contributed by atoms with E-state index in [1.165, 1.54) is 0 Å². The fraction of sp³-hybridized carbons (Fsp3) is 0.474. The molecule has 116 valence electrons. The topological polar surface area (TPSA) is 33.4 Å². The Bertz CT molecular complexity index is 489. The Morgan fingerprint density at radius 3 is 2.43 bits per heavy atom. The second-order valence-corrected chi connectivity index (χ2v) is 4.66. The molecule has 1 aromatic rings. The Balaban J connectivity index is 0.000000885. The van der Waals surface area contributed by atoms with Crippen molar-refractivity contribution >= 4 is 5.57 Å². The molecule has 0 bridgehead atoms. The highest BCUT2D eigenvalue weighted by atomic mass is 16.3. The maximum Gasteiger partial charge on any atom is 0.133 e. The van der Waals surface area contributed by atoms with Gasteiger partial charge in [0.05, 0.1) is 6.10 Å². The minimum absolute atomic E-state index is 0.297. The van der Waals surface area contributed by atoms with Gasteiger partial charge >= 0.3 is 0 Å². The summed E-state index contributed by atoms with van der Waals surface area (Å²) in [6.07, 6.45) is 8.14. The summed E-state index contributed by atoms with van der Waals surface area (Å²) in [7, 11) is 0. The number of hydrogen-bond donors (Lipinski definition) is 1. The van der Waals surface area contributed by atoms with E-state index < -0.39 is 0 Å². The second kappa shape index (κ2) is 12.1. The van der Waals surface area contributed by atoms with E-state index in [-0.39, 0.29) is 6.10 Å². The zero-order chi connectivity index (χ0) is 16.1. The predicted octanol–water partition coefficient (Wildman–Crippen LogP) is 4.99. The molecule has 0 aliphatic carbocycles. The minimum Gasteiger partial charge on any atom is -0.461 e. The highest BCUT2D eigenvalue weighted by Crippen LogP contribution is 2.20. The Kier molecular flexibility index (Phi) is 11.1. The Hall–Kier alpha value is -1.72. The molecule has 0 spiro atoms. The SMILES string of the molecule is C/C=C\C(=C/C)c1ccc(CC(O)CCC)o1.CC#CC. The average Bonchev–Trinajstić information content (AvgIpc) is 2.93. The monoisotopic (exact) mass is 288 g/mol. The molecule has 0 amide bonds. The molecule has 1 atom stereocenters. The molecule has 21 heavy (non-hydrogen) atoms. The van der Waals surface area contributed by atoms with E-state index in [1.807, 2.05) is 58.1 Å². The van der Waals surface area contributed by atoms with E-state index in [0.717, 1.165) is 29.9 Å². The van der Waals surface area contributed by atoms with Crippen molar-refractivity contribution in [3.63, 3.8) is 0 Å². The first kappa shape index (κ1) is 19.3. The lowest BCUT2D eigenvalue weighted by molar-refractivity contribution is 0.156. The molecular formula is C19H28O2. The smallest absolute Gasteiger partial charge is 0.133 e. The van der Waals surface area contributed by atoms with Crippen LogP contribution in [0.5, 0.6) is 0 Å². The number of allylic oxidation sites excluding steroid dienone is 4. The normalized spacial score (nSPS) is 12.4. The third kappa shape index (κ3) is 8.22. The van der Waals surface area contributed by atoms with Crippen molar-refractivity contribution in [2.75, 3.05) is 0 Å². The summed E-state index contributed by atoms with van der Waals surface area (Å²) in [5, 5.41) is 9.72. The van der Waals surface area contributed by atoms with Gasteiger partial charge in [-0.3, -0.25) is 0 Å². The Labute approximate surface area is 129 Å². The largest absolute Gasteiger partial charge is 0.461 e. The number of aliphatic hydroxyl groups is 1. The van der Waals surface area contributed by atoms with Crippen molar-refractivity contribution in [3.8, 4) is 11.8 Å². The van der Waals surface area contributed by atoms with Crippen LogP contribution in [0.1, 0.15) is 59.0 Å². The fourth-order valence-electron chi connectivity index (χ4n) is 1.81. The molecule has 1 unspecified atom stereocenters. The molecule has 0 aliphatic heterocycles. The molecule has 0 saturated heterocycles. The average molecular weight is 288 g/mol. The predicted molar refractivity (Wildman–Crippen MR) is 90.9 cm³/mol. The summed E-state index contributed by atoms with van der Waals surface area (Å²) in [6, 6.07) is 3.91. The number of hydrogen-bond acceptors (Lipinski definition) is 2. The minimum atomic E-state index is -0.297. The van der Waals surface area contributed by atoms with E-state index in [4.69, 9.17) is 4.42 Å². The van der Waals surface area contributed by atoms with Crippen LogP contribution in [-0.4, -0.2) is 11.2 Å². The lowest BCUT2D eigenvalue weighted by Crippen LogP contribution is -2.08. The van der Waals surface area contributed by atoms with Crippen LogP contribution in [0.25, 0.3) is 5.57 Å². The maximum absolute atomic E-state index is 9.72. The second-order valence-electron chi connectivity index (χ2n) is 4.66. The highest BCUT2D eigenvalue weighted by molar-refractivity contribution is 5.70. The first-order valence-corrected chi connectivity index (χ1v) is 7.52. The summed E-state index contributed by atoms with van der Waals surface area (Å²) in [6.45, 7) is 9.68. The number of rotatable bonds is 6. The summed E-state index contributed by atoms with van der Waals surface area (Å²) in [5.41, 5.74) is 1.07. The highest BCUT2D eigenvalue weighted by Gasteiger charge is 2.09. The first-order valence-electron chi connectivity index (χ1n) is 7.52. The number of furan rings is 1. The lowest BCUT2D eigenvalue weighted by Gasteiger charge is -2.06. The molecular weight excluding hydrogens is 260 g/mol. The van der Waals surface area contributed by atoms with Crippen LogP contribution in [0.15, 0.2) is 34.8 Å². The van der Waals surface area contributed by atoms with Gasteiger partial charge in [-0.25, -0.2) is 0 Å². The lowest BCUT2D eigenvalue weighted by atomic mass is 10.1. The fourth-order valence-corrected chi connectivity index (χ4v) is 1.81. The van der Waals surface area contributed by atoms with Gasteiger partial charge in [0.2, 0.25) is 0 Å². The zero-order valence-corrected chi connectivity index (χ0v) is 13.9. The molecule has 1 heterocycles. The van der Waals surface area contributed by atoms with E-state index in [2.05, 4.69) is 18.8 Å². The van der Waals surface area contributed by atoms with Gasteiger partial charge in [0.25, 0.3) is 0 Å². The molecule has 1 rings (SSSR count). The molecule has 0 saturated carbocycles. The van der Waals surface area contributed by atoms with Gasteiger partial charge in [-0.1, -0.05) is 31.6 Å². The quantitative estimate of drug-likeness (QED) is 0.591. The number of aliphatic hydroxyl groups excluding tert-OH is 1. The summed E-state index contributed by atoms with van der Waals surface area (Å²) < 4.78 is 5.73. The summed E-state index contributed by atoms with van der Waals surface area (Å²) >= 11 is 0. The van der Waals surface area contributed by atoms with Crippen LogP contribution in [0, 0.1) is 11.8 Å².